The Balaban J connectivity index is 2.27. The van der Waals surface area contributed by atoms with E-state index in [2.05, 4.69) is 10.6 Å². The van der Waals surface area contributed by atoms with E-state index >= 15 is 0 Å². The Labute approximate surface area is 77.1 Å². The molecule has 1 rings (SSSR count). The van der Waals surface area contributed by atoms with E-state index in [1.165, 1.54) is 0 Å². The zero-order chi connectivity index (χ0) is 9.84. The Morgan fingerprint density at radius 3 is 3.00 bits per heavy atom. The van der Waals surface area contributed by atoms with Crippen LogP contribution in [0.2, 0.25) is 0 Å². The smallest absolute Gasteiger partial charge is 0.242 e. The standard InChI is InChI=1S/C8H15N3O2/c1-5(9)4-10-8(13)6-2-3-7(12)11-6/h5-6H,2-4,9H2,1H3,(H,10,13)(H,11,12)/t5?,6-/m0/s1. The molecule has 0 aliphatic carbocycles. The molecule has 0 aromatic rings. The summed E-state index contributed by atoms with van der Waals surface area (Å²) in [6.45, 7) is 2.26. The second kappa shape index (κ2) is 4.23. The Morgan fingerprint density at radius 2 is 2.54 bits per heavy atom. The number of amides is 2. The minimum absolute atomic E-state index is 0.0546. The molecule has 0 bridgehead atoms. The Morgan fingerprint density at radius 1 is 1.85 bits per heavy atom. The predicted octanol–water partition coefficient (Wildman–Crippen LogP) is -1.27. The summed E-state index contributed by atoms with van der Waals surface area (Å²) in [5.41, 5.74) is 5.46. The number of carbonyl (C=O) groups is 2. The highest BCUT2D eigenvalue weighted by Crippen LogP contribution is 2.05. The van der Waals surface area contributed by atoms with Crippen molar-refractivity contribution in [2.24, 2.45) is 5.73 Å². The number of nitrogens with one attached hydrogen (secondary N) is 2. The molecule has 13 heavy (non-hydrogen) atoms. The normalized spacial score (nSPS) is 23.8. The molecule has 1 heterocycles. The van der Waals surface area contributed by atoms with Crippen molar-refractivity contribution < 1.29 is 9.59 Å². The quantitative estimate of drug-likeness (QED) is 0.512. The third-order valence-corrected chi connectivity index (χ3v) is 1.91. The van der Waals surface area contributed by atoms with Gasteiger partial charge in [0.2, 0.25) is 11.8 Å². The van der Waals surface area contributed by atoms with Gasteiger partial charge in [-0.3, -0.25) is 9.59 Å². The zero-order valence-corrected chi connectivity index (χ0v) is 7.67. The van der Waals surface area contributed by atoms with Gasteiger partial charge in [0.25, 0.3) is 0 Å². The molecule has 74 valence electrons. The van der Waals surface area contributed by atoms with Gasteiger partial charge < -0.3 is 16.4 Å². The van der Waals surface area contributed by atoms with Crippen molar-refractivity contribution in [3.63, 3.8) is 0 Å². The highest BCUT2D eigenvalue weighted by Gasteiger charge is 2.26. The first-order valence-corrected chi connectivity index (χ1v) is 4.42. The van der Waals surface area contributed by atoms with Crippen molar-refractivity contribution >= 4 is 11.8 Å². The van der Waals surface area contributed by atoms with Crippen molar-refractivity contribution in [2.45, 2.75) is 31.8 Å². The van der Waals surface area contributed by atoms with Gasteiger partial charge in [-0.05, 0) is 13.3 Å². The van der Waals surface area contributed by atoms with Gasteiger partial charge in [-0.25, -0.2) is 0 Å². The number of hydrogen-bond acceptors (Lipinski definition) is 3. The van der Waals surface area contributed by atoms with Crippen molar-refractivity contribution in [1.82, 2.24) is 10.6 Å². The van der Waals surface area contributed by atoms with Crippen molar-refractivity contribution in [3.8, 4) is 0 Å². The van der Waals surface area contributed by atoms with Gasteiger partial charge >= 0.3 is 0 Å². The number of hydrogen-bond donors (Lipinski definition) is 3. The molecule has 0 aromatic carbocycles. The van der Waals surface area contributed by atoms with Gasteiger partial charge in [0.05, 0.1) is 0 Å². The molecule has 5 heteroatoms. The molecule has 0 aromatic heterocycles. The molecule has 1 aliphatic rings. The first-order valence-electron chi connectivity index (χ1n) is 4.42. The molecule has 0 saturated carbocycles. The van der Waals surface area contributed by atoms with Crippen LogP contribution in [-0.2, 0) is 9.59 Å². The average molecular weight is 185 g/mol. The fourth-order valence-corrected chi connectivity index (χ4v) is 1.20. The molecule has 1 unspecified atom stereocenters. The second-order valence-corrected chi connectivity index (χ2v) is 3.38. The first-order chi connectivity index (χ1) is 6.09. The van der Waals surface area contributed by atoms with E-state index in [9.17, 15) is 9.59 Å². The summed E-state index contributed by atoms with van der Waals surface area (Å²) in [5.74, 6) is -0.191. The molecule has 2 amide bonds. The van der Waals surface area contributed by atoms with Crippen LogP contribution in [0.4, 0.5) is 0 Å². The molecule has 2 atom stereocenters. The van der Waals surface area contributed by atoms with Crippen LogP contribution in [0.1, 0.15) is 19.8 Å². The lowest BCUT2D eigenvalue weighted by Crippen LogP contribution is -2.45. The zero-order valence-electron chi connectivity index (χ0n) is 7.67. The lowest BCUT2D eigenvalue weighted by Gasteiger charge is -2.12. The minimum Gasteiger partial charge on any atom is -0.353 e. The summed E-state index contributed by atoms with van der Waals surface area (Å²) in [7, 11) is 0. The van der Waals surface area contributed by atoms with E-state index in [0.29, 0.717) is 19.4 Å². The minimum atomic E-state index is -0.355. The van der Waals surface area contributed by atoms with Crippen molar-refractivity contribution in [2.75, 3.05) is 6.54 Å². The Bertz CT molecular complexity index is 215. The third kappa shape index (κ3) is 3.02. The van der Waals surface area contributed by atoms with Crippen molar-refractivity contribution in [3.05, 3.63) is 0 Å². The van der Waals surface area contributed by atoms with E-state index in [4.69, 9.17) is 5.73 Å². The van der Waals surface area contributed by atoms with Gasteiger partial charge in [-0.15, -0.1) is 0 Å². The van der Waals surface area contributed by atoms with Gasteiger partial charge in [0.1, 0.15) is 6.04 Å². The summed E-state index contributed by atoms with van der Waals surface area (Å²) in [6, 6.07) is -0.410. The maximum atomic E-state index is 11.3. The second-order valence-electron chi connectivity index (χ2n) is 3.38. The molecule has 5 nitrogen and oxygen atoms in total. The largest absolute Gasteiger partial charge is 0.353 e. The predicted molar refractivity (Wildman–Crippen MR) is 47.8 cm³/mol. The van der Waals surface area contributed by atoms with E-state index in [0.717, 1.165) is 0 Å². The topological polar surface area (TPSA) is 84.2 Å². The lowest BCUT2D eigenvalue weighted by atomic mass is 10.2. The van der Waals surface area contributed by atoms with E-state index in [1.807, 2.05) is 6.92 Å². The van der Waals surface area contributed by atoms with Gasteiger partial charge in [0.15, 0.2) is 0 Å². The molecule has 1 aliphatic heterocycles. The van der Waals surface area contributed by atoms with Gasteiger partial charge in [-0.1, -0.05) is 0 Å². The molecular weight excluding hydrogens is 170 g/mol. The molecule has 4 N–H and O–H groups in total. The molecule has 0 spiro atoms. The maximum absolute atomic E-state index is 11.3. The highest BCUT2D eigenvalue weighted by atomic mass is 16.2. The Hall–Kier alpha value is -1.10. The van der Waals surface area contributed by atoms with E-state index < -0.39 is 0 Å². The maximum Gasteiger partial charge on any atom is 0.242 e. The summed E-state index contributed by atoms with van der Waals surface area (Å²) in [4.78, 5) is 22.1. The molecule has 0 radical (unpaired) electrons. The average Bonchev–Trinajstić information content (AvgIpc) is 2.47. The van der Waals surface area contributed by atoms with Crippen LogP contribution in [-0.4, -0.2) is 30.4 Å². The van der Waals surface area contributed by atoms with Crippen LogP contribution in [0, 0.1) is 0 Å². The number of nitrogens with two attached hydrogens (primary N) is 1. The monoisotopic (exact) mass is 185 g/mol. The van der Waals surface area contributed by atoms with E-state index in [-0.39, 0.29) is 23.9 Å². The van der Waals surface area contributed by atoms with Gasteiger partial charge in [0, 0.05) is 19.0 Å². The highest BCUT2D eigenvalue weighted by molar-refractivity contribution is 5.90. The molecule has 1 fully saturated rings. The fraction of sp³-hybridized carbons (Fsp3) is 0.750. The fourth-order valence-electron chi connectivity index (χ4n) is 1.20. The van der Waals surface area contributed by atoms with Crippen LogP contribution < -0.4 is 16.4 Å². The summed E-state index contributed by atoms with van der Waals surface area (Å²) in [5, 5.41) is 5.25. The molecule has 1 saturated heterocycles. The first kappa shape index (κ1) is 9.98. The summed E-state index contributed by atoms with van der Waals surface area (Å²) in [6.07, 6.45) is 1.03. The lowest BCUT2D eigenvalue weighted by molar-refractivity contribution is -0.125. The third-order valence-electron chi connectivity index (χ3n) is 1.91. The van der Waals surface area contributed by atoms with Crippen LogP contribution in [0.15, 0.2) is 0 Å². The Kier molecular flexibility index (Phi) is 3.25. The van der Waals surface area contributed by atoms with Crippen molar-refractivity contribution in [1.29, 1.82) is 0 Å². The summed E-state index contributed by atoms with van der Waals surface area (Å²) >= 11 is 0. The van der Waals surface area contributed by atoms with Crippen LogP contribution in [0.25, 0.3) is 0 Å². The number of rotatable bonds is 3. The number of carbonyl (C=O) groups excluding carboxylic acids is 2. The van der Waals surface area contributed by atoms with E-state index in [1.54, 1.807) is 0 Å². The van der Waals surface area contributed by atoms with Crippen LogP contribution >= 0.6 is 0 Å². The summed E-state index contributed by atoms with van der Waals surface area (Å²) < 4.78 is 0. The molecular formula is C8H15N3O2. The van der Waals surface area contributed by atoms with Gasteiger partial charge in [-0.2, -0.15) is 0 Å². The van der Waals surface area contributed by atoms with Crippen LogP contribution in [0.3, 0.4) is 0 Å². The van der Waals surface area contributed by atoms with Crippen LogP contribution in [0.5, 0.6) is 0 Å². The SMILES string of the molecule is CC(N)CNC(=O)[C@@H]1CCC(=O)N1.